The van der Waals surface area contributed by atoms with E-state index in [1.807, 2.05) is 17.1 Å². The van der Waals surface area contributed by atoms with Crippen LogP contribution >= 0.6 is 0 Å². The van der Waals surface area contributed by atoms with Crippen LogP contribution in [0.25, 0.3) is 5.69 Å². The van der Waals surface area contributed by atoms with E-state index in [4.69, 9.17) is 4.74 Å². The number of nitrogens with one attached hydrogen (secondary N) is 1. The van der Waals surface area contributed by atoms with Gasteiger partial charge in [0.1, 0.15) is 0 Å². The van der Waals surface area contributed by atoms with E-state index >= 15 is 0 Å². The molecule has 1 aromatic heterocycles. The number of hydrogen-bond acceptors (Lipinski definition) is 3. The van der Waals surface area contributed by atoms with Crippen molar-refractivity contribution < 1.29 is 4.74 Å². The third kappa shape index (κ3) is 3.68. The fourth-order valence-corrected chi connectivity index (χ4v) is 2.30. The number of aromatic nitrogens is 2. The monoisotopic (exact) mass is 273 g/mol. The fraction of sp³-hybridized carbons (Fsp3) is 0.438. The maximum atomic E-state index is 5.24. The average Bonchev–Trinajstić information content (AvgIpc) is 3.01. The largest absolute Gasteiger partial charge is 0.383 e. The zero-order valence-corrected chi connectivity index (χ0v) is 12.4. The van der Waals surface area contributed by atoms with Gasteiger partial charge in [-0.25, -0.2) is 4.98 Å². The summed E-state index contributed by atoms with van der Waals surface area (Å²) in [6, 6.07) is 9.19. The van der Waals surface area contributed by atoms with Crippen molar-refractivity contribution in [1.29, 1.82) is 0 Å². The average molecular weight is 273 g/mol. The lowest BCUT2D eigenvalue weighted by Crippen LogP contribution is -2.34. The summed E-state index contributed by atoms with van der Waals surface area (Å²) in [5.41, 5.74) is 2.40. The van der Waals surface area contributed by atoms with E-state index in [1.165, 1.54) is 5.56 Å². The van der Waals surface area contributed by atoms with Crippen molar-refractivity contribution in [1.82, 2.24) is 14.9 Å². The number of nitrogens with zero attached hydrogens (tertiary/aromatic N) is 2. The first-order valence-corrected chi connectivity index (χ1v) is 7.08. The quantitative estimate of drug-likeness (QED) is 0.843. The lowest BCUT2D eigenvalue weighted by molar-refractivity contribution is 0.159. The van der Waals surface area contributed by atoms with Gasteiger partial charge in [-0.1, -0.05) is 19.1 Å². The van der Waals surface area contributed by atoms with Crippen LogP contribution in [0.15, 0.2) is 43.0 Å². The highest BCUT2D eigenvalue weighted by atomic mass is 16.5. The molecule has 2 atom stereocenters. The summed E-state index contributed by atoms with van der Waals surface area (Å²) in [7, 11) is 1.74. The predicted molar refractivity (Wildman–Crippen MR) is 81.1 cm³/mol. The SMILES string of the molecule is CC[C@@H](COC)N[C@@H](C)c1cccc(-n2ccnc2)c1. The molecule has 4 nitrogen and oxygen atoms in total. The Hall–Kier alpha value is -1.65. The second-order valence-corrected chi connectivity index (χ2v) is 5.01. The van der Waals surface area contributed by atoms with Crippen LogP contribution in [0, 0.1) is 0 Å². The molecule has 0 aliphatic heterocycles. The van der Waals surface area contributed by atoms with Crippen LogP contribution in [-0.4, -0.2) is 29.3 Å². The van der Waals surface area contributed by atoms with Gasteiger partial charge in [0.15, 0.2) is 0 Å². The van der Waals surface area contributed by atoms with Crippen LogP contribution in [0.4, 0.5) is 0 Å². The predicted octanol–water partition coefficient (Wildman–Crippen LogP) is 2.95. The summed E-state index contributed by atoms with van der Waals surface area (Å²) in [5.74, 6) is 0. The number of methoxy groups -OCH3 is 1. The summed E-state index contributed by atoms with van der Waals surface area (Å²) in [6.07, 6.45) is 6.62. The maximum absolute atomic E-state index is 5.24. The minimum atomic E-state index is 0.290. The number of benzene rings is 1. The second-order valence-electron chi connectivity index (χ2n) is 5.01. The first-order valence-electron chi connectivity index (χ1n) is 7.08. The van der Waals surface area contributed by atoms with Crippen molar-refractivity contribution in [3.8, 4) is 5.69 Å². The normalized spacial score (nSPS) is 14.2. The van der Waals surface area contributed by atoms with Gasteiger partial charge in [-0.2, -0.15) is 0 Å². The Morgan fingerprint density at radius 2 is 2.25 bits per heavy atom. The molecule has 0 aliphatic carbocycles. The molecule has 0 bridgehead atoms. The molecular formula is C16H23N3O. The third-order valence-corrected chi connectivity index (χ3v) is 3.52. The number of hydrogen-bond donors (Lipinski definition) is 1. The molecule has 2 aromatic rings. The minimum absolute atomic E-state index is 0.290. The minimum Gasteiger partial charge on any atom is -0.383 e. The molecule has 20 heavy (non-hydrogen) atoms. The van der Waals surface area contributed by atoms with E-state index in [0.717, 1.165) is 18.7 Å². The van der Waals surface area contributed by atoms with Gasteiger partial charge in [-0.15, -0.1) is 0 Å². The highest BCUT2D eigenvalue weighted by Gasteiger charge is 2.12. The zero-order valence-electron chi connectivity index (χ0n) is 12.4. The Bertz CT molecular complexity index is 510. The molecule has 1 aromatic carbocycles. The molecule has 1 heterocycles. The Morgan fingerprint density at radius 1 is 1.40 bits per heavy atom. The number of ether oxygens (including phenoxy) is 1. The zero-order chi connectivity index (χ0) is 14.4. The molecule has 0 amide bonds. The van der Waals surface area contributed by atoms with E-state index in [0.29, 0.717) is 12.1 Å². The van der Waals surface area contributed by atoms with Crippen LogP contribution < -0.4 is 5.32 Å². The standard InChI is InChI=1S/C16H23N3O/c1-4-15(11-20-3)18-13(2)14-6-5-7-16(10-14)19-9-8-17-12-19/h5-10,12-13,15,18H,4,11H2,1-3H3/t13-,15-/m0/s1. The van der Waals surface area contributed by atoms with Crippen molar-refractivity contribution in [2.24, 2.45) is 0 Å². The van der Waals surface area contributed by atoms with Crippen LogP contribution in [0.1, 0.15) is 31.9 Å². The summed E-state index contributed by atoms with van der Waals surface area (Å²) >= 11 is 0. The molecule has 0 spiro atoms. The van der Waals surface area contributed by atoms with Gasteiger partial charge in [-0.05, 0) is 31.0 Å². The van der Waals surface area contributed by atoms with Crippen LogP contribution in [0.5, 0.6) is 0 Å². The van der Waals surface area contributed by atoms with Crippen molar-refractivity contribution in [3.05, 3.63) is 48.5 Å². The van der Waals surface area contributed by atoms with Crippen molar-refractivity contribution in [3.63, 3.8) is 0 Å². The summed E-state index contributed by atoms with van der Waals surface area (Å²) in [5, 5.41) is 3.61. The maximum Gasteiger partial charge on any atom is 0.0991 e. The highest BCUT2D eigenvalue weighted by Crippen LogP contribution is 2.17. The Labute approximate surface area is 120 Å². The van der Waals surface area contributed by atoms with Crippen LogP contribution in [-0.2, 0) is 4.74 Å². The molecule has 0 fully saturated rings. The summed E-state index contributed by atoms with van der Waals surface area (Å²) < 4.78 is 7.26. The van der Waals surface area contributed by atoms with E-state index < -0.39 is 0 Å². The van der Waals surface area contributed by atoms with Gasteiger partial charge in [-0.3, -0.25) is 0 Å². The molecule has 0 radical (unpaired) electrons. The van der Waals surface area contributed by atoms with Crippen molar-refractivity contribution >= 4 is 0 Å². The van der Waals surface area contributed by atoms with Crippen molar-refractivity contribution in [2.75, 3.05) is 13.7 Å². The lowest BCUT2D eigenvalue weighted by atomic mass is 10.1. The first-order chi connectivity index (χ1) is 9.74. The van der Waals surface area contributed by atoms with Crippen LogP contribution in [0.2, 0.25) is 0 Å². The second kappa shape index (κ2) is 7.22. The van der Waals surface area contributed by atoms with Crippen LogP contribution in [0.3, 0.4) is 0 Å². The fourth-order valence-electron chi connectivity index (χ4n) is 2.30. The first kappa shape index (κ1) is 14.8. The third-order valence-electron chi connectivity index (χ3n) is 3.52. The molecule has 4 heteroatoms. The number of rotatable bonds is 7. The molecular weight excluding hydrogens is 250 g/mol. The topological polar surface area (TPSA) is 39.1 Å². The summed E-state index contributed by atoms with van der Waals surface area (Å²) in [4.78, 5) is 4.09. The van der Waals surface area contributed by atoms with E-state index in [2.05, 4.69) is 48.4 Å². The van der Waals surface area contributed by atoms with Gasteiger partial charge >= 0.3 is 0 Å². The molecule has 108 valence electrons. The Morgan fingerprint density at radius 3 is 2.90 bits per heavy atom. The molecule has 0 saturated heterocycles. The van der Waals surface area contributed by atoms with Gasteiger partial charge in [0.05, 0.1) is 12.9 Å². The molecule has 0 saturated carbocycles. The van der Waals surface area contributed by atoms with E-state index in [1.54, 1.807) is 13.3 Å². The van der Waals surface area contributed by atoms with Gasteiger partial charge < -0.3 is 14.6 Å². The Kier molecular flexibility index (Phi) is 5.32. The smallest absolute Gasteiger partial charge is 0.0991 e. The Balaban J connectivity index is 2.10. The van der Waals surface area contributed by atoms with Crippen molar-refractivity contribution in [2.45, 2.75) is 32.4 Å². The molecule has 1 N–H and O–H groups in total. The number of imidazole rings is 1. The van der Waals surface area contributed by atoms with Gasteiger partial charge in [0.25, 0.3) is 0 Å². The summed E-state index contributed by atoms with van der Waals surface area (Å²) in [6.45, 7) is 5.10. The highest BCUT2D eigenvalue weighted by molar-refractivity contribution is 5.37. The lowest BCUT2D eigenvalue weighted by Gasteiger charge is -2.22. The van der Waals surface area contributed by atoms with E-state index in [-0.39, 0.29) is 0 Å². The van der Waals surface area contributed by atoms with E-state index in [9.17, 15) is 0 Å². The van der Waals surface area contributed by atoms with Gasteiger partial charge in [0, 0.05) is 37.3 Å². The molecule has 2 rings (SSSR count). The molecule has 0 unspecified atom stereocenters. The molecule has 0 aliphatic rings. The van der Waals surface area contributed by atoms with Gasteiger partial charge in [0.2, 0.25) is 0 Å².